The average molecular weight is 314 g/mol. The van der Waals surface area contributed by atoms with Crippen molar-refractivity contribution in [3.05, 3.63) is 47.3 Å². The summed E-state index contributed by atoms with van der Waals surface area (Å²) in [6.45, 7) is 5.15. The van der Waals surface area contributed by atoms with Crippen LogP contribution in [-0.4, -0.2) is 33.0 Å². The van der Waals surface area contributed by atoms with Crippen molar-refractivity contribution < 1.29 is 14.7 Å². The van der Waals surface area contributed by atoms with Crippen molar-refractivity contribution in [1.82, 2.24) is 15.3 Å². The van der Waals surface area contributed by atoms with Gasteiger partial charge < -0.3 is 15.7 Å². The number of hydrogen-bond acceptors (Lipinski definition) is 5. The summed E-state index contributed by atoms with van der Waals surface area (Å²) < 4.78 is 0. The first-order valence-electron chi connectivity index (χ1n) is 7.08. The Balaban J connectivity index is 2.16. The van der Waals surface area contributed by atoms with Crippen molar-refractivity contribution in [1.29, 1.82) is 0 Å². The third-order valence-corrected chi connectivity index (χ3v) is 3.08. The van der Waals surface area contributed by atoms with Crippen LogP contribution in [0.1, 0.15) is 28.7 Å². The summed E-state index contributed by atoms with van der Waals surface area (Å²) in [6, 6.07) is 7.61. The van der Waals surface area contributed by atoms with Gasteiger partial charge in [-0.05, 0) is 45.0 Å². The topological polar surface area (TPSA) is 104 Å². The predicted octanol–water partition coefficient (Wildman–Crippen LogP) is 2.04. The van der Waals surface area contributed by atoms with Gasteiger partial charge in [0.05, 0.1) is 0 Å². The lowest BCUT2D eigenvalue weighted by Crippen LogP contribution is -2.38. The van der Waals surface area contributed by atoms with Crippen LogP contribution in [0.4, 0.5) is 11.6 Å². The van der Waals surface area contributed by atoms with E-state index in [1.54, 1.807) is 24.3 Å². The van der Waals surface area contributed by atoms with Crippen molar-refractivity contribution >= 4 is 23.5 Å². The number of benzene rings is 1. The Morgan fingerprint density at radius 1 is 1.13 bits per heavy atom. The van der Waals surface area contributed by atoms with Gasteiger partial charge in [0.25, 0.3) is 5.91 Å². The molecular weight excluding hydrogens is 296 g/mol. The van der Waals surface area contributed by atoms with Gasteiger partial charge in [-0.3, -0.25) is 9.59 Å². The third kappa shape index (κ3) is 4.50. The zero-order valence-electron chi connectivity index (χ0n) is 13.1. The molecule has 0 spiro atoms. The van der Waals surface area contributed by atoms with Gasteiger partial charge in [-0.1, -0.05) is 6.07 Å². The van der Waals surface area contributed by atoms with Crippen LogP contribution in [0.15, 0.2) is 30.3 Å². The van der Waals surface area contributed by atoms with Crippen LogP contribution in [0.2, 0.25) is 0 Å². The van der Waals surface area contributed by atoms with Crippen LogP contribution < -0.4 is 10.6 Å². The Hall–Kier alpha value is -2.96. The Labute approximate surface area is 133 Å². The molecule has 0 aliphatic rings. The number of anilines is 2. The van der Waals surface area contributed by atoms with Gasteiger partial charge in [0.15, 0.2) is 0 Å². The lowest BCUT2D eigenvalue weighted by molar-refractivity contribution is -0.138. The van der Waals surface area contributed by atoms with Gasteiger partial charge in [-0.25, -0.2) is 9.97 Å². The molecule has 0 saturated carbocycles. The van der Waals surface area contributed by atoms with Crippen LogP contribution in [0.3, 0.4) is 0 Å². The Morgan fingerprint density at radius 2 is 1.78 bits per heavy atom. The number of aryl methyl sites for hydroxylation is 2. The fraction of sp³-hybridized carbons (Fsp3) is 0.250. The first-order valence-corrected chi connectivity index (χ1v) is 7.08. The second-order valence-corrected chi connectivity index (χ2v) is 5.21. The Bertz CT molecular complexity index is 726. The van der Waals surface area contributed by atoms with Crippen molar-refractivity contribution in [2.24, 2.45) is 0 Å². The second-order valence-electron chi connectivity index (χ2n) is 5.21. The quantitative estimate of drug-likeness (QED) is 0.780. The lowest BCUT2D eigenvalue weighted by atomic mass is 10.1. The zero-order chi connectivity index (χ0) is 17.0. The molecule has 120 valence electrons. The van der Waals surface area contributed by atoms with E-state index in [4.69, 9.17) is 5.11 Å². The summed E-state index contributed by atoms with van der Waals surface area (Å²) in [4.78, 5) is 31.4. The maximum absolute atomic E-state index is 12.0. The van der Waals surface area contributed by atoms with E-state index in [1.165, 1.54) is 6.92 Å². The molecule has 7 heteroatoms. The van der Waals surface area contributed by atoms with E-state index in [0.29, 0.717) is 17.2 Å². The normalized spacial score (nSPS) is 11.6. The van der Waals surface area contributed by atoms with Crippen LogP contribution >= 0.6 is 0 Å². The van der Waals surface area contributed by atoms with E-state index in [0.717, 1.165) is 11.4 Å². The molecule has 0 bridgehead atoms. The molecule has 0 aliphatic heterocycles. The molecule has 1 atom stereocenters. The standard InChI is InChI=1S/C16H18N4O3/c1-9-7-10(2)18-16(17-9)20-13-6-4-5-12(8-13)14(21)19-11(3)15(22)23/h4-8,11H,1-3H3,(H,19,21)(H,22,23)(H,17,18,20). The summed E-state index contributed by atoms with van der Waals surface area (Å²) >= 11 is 0. The lowest BCUT2D eigenvalue weighted by Gasteiger charge is -2.11. The van der Waals surface area contributed by atoms with Crippen LogP contribution in [-0.2, 0) is 4.79 Å². The van der Waals surface area contributed by atoms with E-state index < -0.39 is 17.9 Å². The fourth-order valence-electron chi connectivity index (χ4n) is 1.99. The SMILES string of the molecule is Cc1cc(C)nc(Nc2cccc(C(=O)NC(C)C(=O)O)c2)n1. The van der Waals surface area contributed by atoms with Crippen molar-refractivity contribution in [3.8, 4) is 0 Å². The molecule has 1 heterocycles. The molecule has 1 amide bonds. The average Bonchev–Trinajstić information content (AvgIpc) is 2.46. The number of hydrogen-bond donors (Lipinski definition) is 3. The van der Waals surface area contributed by atoms with E-state index in [1.807, 2.05) is 19.9 Å². The highest BCUT2D eigenvalue weighted by atomic mass is 16.4. The monoisotopic (exact) mass is 314 g/mol. The summed E-state index contributed by atoms with van der Waals surface area (Å²) in [7, 11) is 0. The first-order chi connectivity index (χ1) is 10.8. The summed E-state index contributed by atoms with van der Waals surface area (Å²) in [6.07, 6.45) is 0. The maximum Gasteiger partial charge on any atom is 0.325 e. The number of rotatable bonds is 5. The smallest absolute Gasteiger partial charge is 0.325 e. The minimum atomic E-state index is -1.09. The molecule has 0 aliphatic carbocycles. The van der Waals surface area contributed by atoms with Crippen molar-refractivity contribution in [2.75, 3.05) is 5.32 Å². The minimum Gasteiger partial charge on any atom is -0.480 e. The molecule has 2 rings (SSSR count). The van der Waals surface area contributed by atoms with E-state index in [2.05, 4.69) is 20.6 Å². The van der Waals surface area contributed by atoms with Crippen molar-refractivity contribution in [2.45, 2.75) is 26.8 Å². The summed E-state index contributed by atoms with van der Waals surface area (Å²) in [5.74, 6) is -1.10. The highest BCUT2D eigenvalue weighted by Gasteiger charge is 2.15. The number of carbonyl (C=O) groups is 2. The molecule has 0 saturated heterocycles. The summed E-state index contributed by atoms with van der Waals surface area (Å²) in [5, 5.41) is 14.3. The molecule has 23 heavy (non-hydrogen) atoms. The number of nitrogens with one attached hydrogen (secondary N) is 2. The number of carboxylic acid groups (broad SMARTS) is 1. The Morgan fingerprint density at radius 3 is 2.39 bits per heavy atom. The van der Waals surface area contributed by atoms with Crippen molar-refractivity contribution in [3.63, 3.8) is 0 Å². The third-order valence-electron chi connectivity index (χ3n) is 3.08. The highest BCUT2D eigenvalue weighted by Crippen LogP contribution is 2.15. The molecule has 0 radical (unpaired) electrons. The molecule has 3 N–H and O–H groups in total. The van der Waals surface area contributed by atoms with Crippen LogP contribution in [0.25, 0.3) is 0 Å². The van der Waals surface area contributed by atoms with E-state index in [-0.39, 0.29) is 0 Å². The van der Waals surface area contributed by atoms with Gasteiger partial charge in [-0.15, -0.1) is 0 Å². The maximum atomic E-state index is 12.0. The van der Waals surface area contributed by atoms with Gasteiger partial charge >= 0.3 is 5.97 Å². The number of nitrogens with zero attached hydrogens (tertiary/aromatic N) is 2. The molecule has 7 nitrogen and oxygen atoms in total. The second kappa shape index (κ2) is 6.87. The number of carbonyl (C=O) groups excluding carboxylic acids is 1. The van der Waals surface area contributed by atoms with Crippen LogP contribution in [0.5, 0.6) is 0 Å². The number of amides is 1. The summed E-state index contributed by atoms with van der Waals surface area (Å²) in [5.41, 5.74) is 2.67. The minimum absolute atomic E-state index is 0.354. The number of carboxylic acids is 1. The van der Waals surface area contributed by atoms with Crippen LogP contribution in [0, 0.1) is 13.8 Å². The zero-order valence-corrected chi connectivity index (χ0v) is 13.1. The van der Waals surface area contributed by atoms with E-state index in [9.17, 15) is 9.59 Å². The molecular formula is C16H18N4O3. The van der Waals surface area contributed by atoms with E-state index >= 15 is 0 Å². The fourth-order valence-corrected chi connectivity index (χ4v) is 1.99. The number of aromatic nitrogens is 2. The molecule has 2 aromatic rings. The predicted molar refractivity (Wildman–Crippen MR) is 85.8 cm³/mol. The first kappa shape index (κ1) is 16.4. The number of aliphatic carboxylic acids is 1. The van der Waals surface area contributed by atoms with Gasteiger partial charge in [-0.2, -0.15) is 0 Å². The Kier molecular flexibility index (Phi) is 4.90. The molecule has 1 aromatic carbocycles. The van der Waals surface area contributed by atoms with Gasteiger partial charge in [0.2, 0.25) is 5.95 Å². The molecule has 1 unspecified atom stereocenters. The van der Waals surface area contributed by atoms with Gasteiger partial charge in [0, 0.05) is 22.6 Å². The van der Waals surface area contributed by atoms with Gasteiger partial charge in [0.1, 0.15) is 6.04 Å². The highest BCUT2D eigenvalue weighted by molar-refractivity contribution is 5.97. The molecule has 0 fully saturated rings. The molecule has 1 aromatic heterocycles. The largest absolute Gasteiger partial charge is 0.480 e.